The van der Waals surface area contributed by atoms with Crippen LogP contribution in [0.15, 0.2) is 29.8 Å². The molecule has 1 aliphatic heterocycles. The van der Waals surface area contributed by atoms with Crippen molar-refractivity contribution in [3.8, 4) is 5.75 Å². The molecule has 0 spiro atoms. The molecule has 2 bridgehead atoms. The number of nitrogens with zero attached hydrogens (tertiary/aromatic N) is 1. The van der Waals surface area contributed by atoms with Crippen molar-refractivity contribution in [1.29, 1.82) is 0 Å². The van der Waals surface area contributed by atoms with Crippen molar-refractivity contribution in [2.45, 2.75) is 104 Å². The Hall–Kier alpha value is -2.06. The van der Waals surface area contributed by atoms with Gasteiger partial charge in [-0.25, -0.2) is 4.39 Å². The average molecular weight is 592 g/mol. The predicted molar refractivity (Wildman–Crippen MR) is 163 cm³/mol. The Morgan fingerprint density at radius 1 is 1.15 bits per heavy atom. The van der Waals surface area contributed by atoms with Crippen molar-refractivity contribution in [2.24, 2.45) is 11.3 Å². The van der Waals surface area contributed by atoms with Crippen LogP contribution in [-0.4, -0.2) is 59.2 Å². The summed E-state index contributed by atoms with van der Waals surface area (Å²) >= 11 is 1.95. The number of phenolic OH excluding ortho intramolecular Hbond substituents is 1. The zero-order valence-corrected chi connectivity index (χ0v) is 26.5. The first-order chi connectivity index (χ1) is 19.6. The van der Waals surface area contributed by atoms with Crippen molar-refractivity contribution >= 4 is 23.6 Å². The van der Waals surface area contributed by atoms with Crippen molar-refractivity contribution in [3.63, 3.8) is 0 Å². The lowest BCUT2D eigenvalue weighted by molar-refractivity contribution is -0.225. The molecule has 230 valence electrons. The number of carbonyl (C=O) groups excluding carboxylic acids is 2. The number of amides is 1. The molecule has 3 unspecified atom stereocenters. The summed E-state index contributed by atoms with van der Waals surface area (Å²) in [5.74, 6) is 1.03. The smallest absolute Gasteiger partial charge is 0.315 e. The summed E-state index contributed by atoms with van der Waals surface area (Å²) in [6, 6.07) is 4.44. The minimum absolute atomic E-state index is 0.0666. The molecular weight excluding hydrogens is 541 g/mol. The maximum Gasteiger partial charge on any atom is 0.315 e. The Balaban J connectivity index is 1.54. The van der Waals surface area contributed by atoms with Crippen LogP contribution in [0.2, 0.25) is 0 Å². The third-order valence-electron chi connectivity index (χ3n) is 8.87. The van der Waals surface area contributed by atoms with Crippen LogP contribution >= 0.6 is 11.8 Å². The van der Waals surface area contributed by atoms with Gasteiger partial charge in [0.25, 0.3) is 0 Å². The standard InChI is InChI=1S/C33H50FNO5S/c1-6-8-19-35(5)29(37)14-10-9-11-20-41-21-12-13-24-17-18-33(31(38)39-7-2)23-26(24)30(40-32(33,3)4)25-15-16-28(36)27(34)22-25/h15-17,22,26,30,36H,6-14,18-21,23H2,1-5H3. The summed E-state index contributed by atoms with van der Waals surface area (Å²) in [4.78, 5) is 27.3. The zero-order chi connectivity index (χ0) is 30.0. The van der Waals surface area contributed by atoms with Gasteiger partial charge >= 0.3 is 5.97 Å². The monoisotopic (exact) mass is 591 g/mol. The minimum Gasteiger partial charge on any atom is -0.505 e. The number of hydrogen-bond acceptors (Lipinski definition) is 6. The van der Waals surface area contributed by atoms with Gasteiger partial charge in [-0.15, -0.1) is 0 Å². The van der Waals surface area contributed by atoms with Gasteiger partial charge in [0.2, 0.25) is 5.91 Å². The first-order valence-electron chi connectivity index (χ1n) is 15.4. The number of unbranched alkanes of at least 4 members (excludes halogenated alkanes) is 3. The van der Waals surface area contributed by atoms with E-state index < -0.39 is 22.9 Å². The Labute approximate surface area is 250 Å². The van der Waals surface area contributed by atoms with E-state index in [-0.39, 0.29) is 23.5 Å². The van der Waals surface area contributed by atoms with Gasteiger partial charge in [-0.1, -0.05) is 37.5 Å². The average Bonchev–Trinajstić information content (AvgIpc) is 2.94. The van der Waals surface area contributed by atoms with E-state index >= 15 is 0 Å². The number of hydrogen-bond donors (Lipinski definition) is 1. The van der Waals surface area contributed by atoms with Crippen LogP contribution in [-0.2, 0) is 19.1 Å². The van der Waals surface area contributed by atoms with E-state index in [1.54, 1.807) is 6.07 Å². The van der Waals surface area contributed by atoms with Gasteiger partial charge in [-0.2, -0.15) is 11.8 Å². The van der Waals surface area contributed by atoms with Crippen LogP contribution in [0.1, 0.15) is 104 Å². The number of esters is 1. The lowest BCUT2D eigenvalue weighted by Crippen LogP contribution is -2.58. The van der Waals surface area contributed by atoms with Crippen LogP contribution in [0.4, 0.5) is 4.39 Å². The van der Waals surface area contributed by atoms with Crippen molar-refractivity contribution in [2.75, 3.05) is 31.7 Å². The summed E-state index contributed by atoms with van der Waals surface area (Å²) in [5.41, 5.74) is 0.338. The summed E-state index contributed by atoms with van der Waals surface area (Å²) in [7, 11) is 1.90. The molecule has 1 aromatic rings. The van der Waals surface area contributed by atoms with Gasteiger partial charge in [0, 0.05) is 25.9 Å². The van der Waals surface area contributed by atoms with E-state index in [9.17, 15) is 19.1 Å². The number of phenols is 1. The van der Waals surface area contributed by atoms with Gasteiger partial charge in [0.05, 0.1) is 18.3 Å². The topological polar surface area (TPSA) is 76.1 Å². The number of ether oxygens (including phenoxy) is 2. The molecule has 2 aliphatic rings. The Bertz CT molecular complexity index is 1060. The van der Waals surface area contributed by atoms with Crippen molar-refractivity contribution in [1.82, 2.24) is 4.90 Å². The van der Waals surface area contributed by atoms with Crippen molar-refractivity contribution < 1.29 is 28.6 Å². The van der Waals surface area contributed by atoms with E-state index in [0.29, 0.717) is 31.4 Å². The van der Waals surface area contributed by atoms with E-state index in [4.69, 9.17) is 9.47 Å². The molecule has 0 aromatic heterocycles. The molecule has 6 nitrogen and oxygen atoms in total. The van der Waals surface area contributed by atoms with Crippen LogP contribution in [0.25, 0.3) is 0 Å². The highest BCUT2D eigenvalue weighted by atomic mass is 32.2. The number of aromatic hydroxyl groups is 1. The number of thioether (sulfide) groups is 1. The molecule has 1 aromatic carbocycles. The summed E-state index contributed by atoms with van der Waals surface area (Å²) in [6.07, 6.45) is 10.8. The Morgan fingerprint density at radius 2 is 1.90 bits per heavy atom. The fraction of sp³-hybridized carbons (Fsp3) is 0.697. The minimum atomic E-state index is -0.803. The quantitative estimate of drug-likeness (QED) is 0.121. The van der Waals surface area contributed by atoms with Gasteiger partial charge < -0.3 is 19.5 Å². The molecule has 3 rings (SSSR count). The molecule has 1 N–H and O–H groups in total. The van der Waals surface area contributed by atoms with E-state index in [1.165, 1.54) is 17.7 Å². The van der Waals surface area contributed by atoms with Gasteiger partial charge in [0.15, 0.2) is 11.6 Å². The maximum atomic E-state index is 14.4. The Morgan fingerprint density at radius 3 is 2.61 bits per heavy atom. The van der Waals surface area contributed by atoms with Gasteiger partial charge in [0.1, 0.15) is 5.41 Å². The second kappa shape index (κ2) is 15.4. The molecule has 0 radical (unpaired) electrons. The highest BCUT2D eigenvalue weighted by Crippen LogP contribution is 2.59. The second-order valence-corrected chi connectivity index (χ2v) is 13.3. The molecule has 41 heavy (non-hydrogen) atoms. The molecule has 1 amide bonds. The number of benzene rings is 1. The summed E-state index contributed by atoms with van der Waals surface area (Å²) in [6.45, 7) is 8.98. The van der Waals surface area contributed by atoms with E-state index in [0.717, 1.165) is 63.0 Å². The molecular formula is C33H50FNO5S. The molecule has 1 aliphatic carbocycles. The van der Waals surface area contributed by atoms with E-state index in [1.807, 2.05) is 44.5 Å². The third kappa shape index (κ3) is 8.28. The first kappa shape index (κ1) is 33.4. The molecule has 3 atom stereocenters. The maximum absolute atomic E-state index is 14.4. The molecule has 1 saturated heterocycles. The third-order valence-corrected chi connectivity index (χ3v) is 10.0. The lowest BCUT2D eigenvalue weighted by Gasteiger charge is -2.55. The van der Waals surface area contributed by atoms with Crippen molar-refractivity contribution in [3.05, 3.63) is 41.2 Å². The number of carbonyl (C=O) groups is 2. The van der Waals surface area contributed by atoms with Gasteiger partial charge in [-0.3, -0.25) is 9.59 Å². The Kier molecular flexibility index (Phi) is 12.6. The normalized spacial score (nSPS) is 23.1. The summed E-state index contributed by atoms with van der Waals surface area (Å²) in [5, 5.41) is 9.75. The zero-order valence-electron chi connectivity index (χ0n) is 25.7. The number of allylic oxidation sites excluding steroid dienone is 1. The largest absolute Gasteiger partial charge is 0.505 e. The van der Waals surface area contributed by atoms with Crippen LogP contribution in [0.5, 0.6) is 5.75 Å². The number of rotatable bonds is 16. The molecule has 0 saturated carbocycles. The first-order valence-corrected chi connectivity index (χ1v) is 16.6. The fourth-order valence-corrected chi connectivity index (χ4v) is 7.13. The summed E-state index contributed by atoms with van der Waals surface area (Å²) < 4.78 is 26.5. The molecule has 1 fully saturated rings. The van der Waals surface area contributed by atoms with Gasteiger partial charge in [-0.05, 0) is 94.9 Å². The predicted octanol–water partition coefficient (Wildman–Crippen LogP) is 7.60. The van der Waals surface area contributed by atoms with E-state index in [2.05, 4.69) is 13.0 Å². The fourth-order valence-electron chi connectivity index (χ4n) is 6.17. The SMILES string of the molecule is CCCCN(C)C(=O)CCCCCSCCCC1=CCC2(C(=O)OCC)CC1C(c1ccc(O)c(F)c1)OC2(C)C. The molecule has 1 heterocycles. The second-order valence-electron chi connectivity index (χ2n) is 12.1. The lowest BCUT2D eigenvalue weighted by atomic mass is 9.58. The van der Waals surface area contributed by atoms with Crippen LogP contribution < -0.4 is 0 Å². The van der Waals surface area contributed by atoms with Crippen LogP contribution in [0.3, 0.4) is 0 Å². The highest BCUT2D eigenvalue weighted by molar-refractivity contribution is 7.99. The number of fused-ring (bicyclic) bond motifs is 2. The highest BCUT2D eigenvalue weighted by Gasteiger charge is 2.60. The molecule has 8 heteroatoms. The van der Waals surface area contributed by atoms with Crippen LogP contribution in [0, 0.1) is 17.2 Å². The number of halogens is 1.